The van der Waals surface area contributed by atoms with Crippen molar-refractivity contribution < 1.29 is 14.3 Å². The molecule has 3 nitrogen and oxygen atoms in total. The fraction of sp³-hybridized carbons (Fsp3) is 0.500. The van der Waals surface area contributed by atoms with Crippen molar-refractivity contribution in [3.63, 3.8) is 0 Å². The summed E-state index contributed by atoms with van der Waals surface area (Å²) in [5.74, 6) is 0.970. The van der Waals surface area contributed by atoms with E-state index in [1.807, 2.05) is 0 Å². The molecule has 0 bridgehead atoms. The summed E-state index contributed by atoms with van der Waals surface area (Å²) in [6.45, 7) is 4.89. The van der Waals surface area contributed by atoms with Crippen LogP contribution in [-0.2, 0) is 0 Å². The Bertz CT molecular complexity index is 457. The fourth-order valence-electron chi connectivity index (χ4n) is 2.00. The molecule has 0 aliphatic rings. The highest BCUT2D eigenvalue weighted by atomic mass is 79.9. The van der Waals surface area contributed by atoms with E-state index in [9.17, 15) is 9.59 Å². The van der Waals surface area contributed by atoms with Gasteiger partial charge in [0.25, 0.3) is 0 Å². The molecule has 110 valence electrons. The van der Waals surface area contributed by atoms with Crippen molar-refractivity contribution in [1.82, 2.24) is 0 Å². The summed E-state index contributed by atoms with van der Waals surface area (Å²) >= 11 is 3.26. The van der Waals surface area contributed by atoms with Gasteiger partial charge in [0.2, 0.25) is 0 Å². The molecule has 20 heavy (non-hydrogen) atoms. The first-order chi connectivity index (χ1) is 9.65. The van der Waals surface area contributed by atoms with Gasteiger partial charge in [-0.25, -0.2) is 0 Å². The van der Waals surface area contributed by atoms with E-state index in [4.69, 9.17) is 4.74 Å². The molecule has 0 N–H and O–H groups in total. The van der Waals surface area contributed by atoms with Gasteiger partial charge in [-0.15, -0.1) is 0 Å². The van der Waals surface area contributed by atoms with Crippen molar-refractivity contribution in [3.05, 3.63) is 27.7 Å². The van der Waals surface area contributed by atoms with Crippen LogP contribution < -0.4 is 4.74 Å². The number of carbonyl (C=O) groups is 2. The van der Waals surface area contributed by atoms with Gasteiger partial charge in [-0.05, 0) is 24.5 Å². The van der Waals surface area contributed by atoms with Gasteiger partial charge in [0.15, 0.2) is 12.6 Å². The van der Waals surface area contributed by atoms with Crippen molar-refractivity contribution in [3.8, 4) is 5.75 Å². The van der Waals surface area contributed by atoms with E-state index in [1.54, 1.807) is 12.1 Å². The van der Waals surface area contributed by atoms with Gasteiger partial charge in [-0.1, -0.05) is 49.0 Å². The van der Waals surface area contributed by atoms with E-state index in [2.05, 4.69) is 29.8 Å². The van der Waals surface area contributed by atoms with Gasteiger partial charge in [-0.3, -0.25) is 9.59 Å². The molecular weight excluding hydrogens is 320 g/mol. The minimum atomic E-state index is 0.466. The molecule has 4 heteroatoms. The second kappa shape index (κ2) is 8.90. The molecule has 1 aromatic rings. The Hall–Kier alpha value is -1.16. The monoisotopic (exact) mass is 340 g/mol. The van der Waals surface area contributed by atoms with Crippen LogP contribution in [0.4, 0.5) is 0 Å². The highest BCUT2D eigenvalue weighted by Crippen LogP contribution is 2.26. The maximum absolute atomic E-state index is 11.1. The van der Waals surface area contributed by atoms with E-state index in [1.165, 1.54) is 12.8 Å². The molecule has 0 radical (unpaired) electrons. The summed E-state index contributed by atoms with van der Waals surface area (Å²) in [6, 6.07) is 3.24. The molecule has 0 fully saturated rings. The zero-order valence-electron chi connectivity index (χ0n) is 12.0. The number of rotatable bonds is 9. The molecule has 0 amide bonds. The first-order valence-electron chi connectivity index (χ1n) is 7.02. The lowest BCUT2D eigenvalue weighted by atomic mass is 10.0. The van der Waals surface area contributed by atoms with E-state index in [-0.39, 0.29) is 0 Å². The summed E-state index contributed by atoms with van der Waals surface area (Å²) in [5, 5.41) is 0. The molecule has 0 aliphatic carbocycles. The standard InChI is InChI=1S/C16H21BrO3/c1-3-5-6-12(4-2)11-20-16-8-13(9-18)15(17)7-14(16)10-19/h7-10,12H,3-6,11H2,1-2H3. The molecule has 1 aromatic carbocycles. The Kier molecular flexibility index (Phi) is 7.52. The summed E-state index contributed by atoms with van der Waals surface area (Å²) in [5.41, 5.74) is 0.958. The van der Waals surface area contributed by atoms with Crippen LogP contribution in [0.15, 0.2) is 16.6 Å². The zero-order chi connectivity index (χ0) is 15.0. The number of hydrogen-bond donors (Lipinski definition) is 0. The lowest BCUT2D eigenvalue weighted by Gasteiger charge is -2.17. The molecule has 0 saturated carbocycles. The third-order valence-electron chi connectivity index (χ3n) is 3.40. The third-order valence-corrected chi connectivity index (χ3v) is 4.09. The van der Waals surface area contributed by atoms with Crippen molar-refractivity contribution in [1.29, 1.82) is 0 Å². The highest BCUT2D eigenvalue weighted by molar-refractivity contribution is 9.10. The maximum Gasteiger partial charge on any atom is 0.153 e. The third kappa shape index (κ3) is 4.75. The first-order valence-corrected chi connectivity index (χ1v) is 7.82. The number of aldehydes is 2. The van der Waals surface area contributed by atoms with Crippen LogP contribution in [0.25, 0.3) is 0 Å². The van der Waals surface area contributed by atoms with Gasteiger partial charge >= 0.3 is 0 Å². The summed E-state index contributed by atoms with van der Waals surface area (Å²) < 4.78 is 6.38. The van der Waals surface area contributed by atoms with Gasteiger partial charge in [0, 0.05) is 10.0 Å². The largest absolute Gasteiger partial charge is 0.493 e. The molecule has 0 saturated heterocycles. The number of halogens is 1. The Morgan fingerprint density at radius 3 is 2.45 bits per heavy atom. The smallest absolute Gasteiger partial charge is 0.153 e. The summed E-state index contributed by atoms with van der Waals surface area (Å²) in [7, 11) is 0. The first kappa shape index (κ1) is 16.9. The molecule has 0 aliphatic heterocycles. The molecule has 0 aromatic heterocycles. The second-order valence-electron chi connectivity index (χ2n) is 4.87. The highest BCUT2D eigenvalue weighted by Gasteiger charge is 2.12. The molecule has 1 rings (SSSR count). The van der Waals surface area contributed by atoms with Gasteiger partial charge < -0.3 is 4.74 Å². The van der Waals surface area contributed by atoms with E-state index >= 15 is 0 Å². The van der Waals surface area contributed by atoms with E-state index in [0.717, 1.165) is 25.4 Å². The number of unbranched alkanes of at least 4 members (excludes halogenated alkanes) is 1. The number of carbonyl (C=O) groups excluding carboxylic acids is 2. The van der Waals surface area contributed by atoms with Gasteiger partial charge in [0.1, 0.15) is 5.75 Å². The van der Waals surface area contributed by atoms with Crippen molar-refractivity contribution >= 4 is 28.5 Å². The Morgan fingerprint density at radius 2 is 1.90 bits per heavy atom. The molecule has 1 unspecified atom stereocenters. The lowest BCUT2D eigenvalue weighted by Crippen LogP contribution is -2.12. The minimum Gasteiger partial charge on any atom is -0.493 e. The van der Waals surface area contributed by atoms with E-state index < -0.39 is 0 Å². The summed E-state index contributed by atoms with van der Waals surface area (Å²) in [6.07, 6.45) is 6.03. The SMILES string of the molecule is CCCCC(CC)COc1cc(C=O)c(Br)cc1C=O. The number of benzene rings is 1. The Balaban J connectivity index is 2.79. The molecule has 0 heterocycles. The maximum atomic E-state index is 11.1. The molecule has 1 atom stereocenters. The normalized spacial score (nSPS) is 11.9. The van der Waals surface area contributed by atoms with Crippen LogP contribution in [0.5, 0.6) is 5.75 Å². The second-order valence-corrected chi connectivity index (χ2v) is 5.73. The quantitative estimate of drug-likeness (QED) is 0.613. The average Bonchev–Trinajstić information content (AvgIpc) is 2.48. The molecular formula is C16H21BrO3. The minimum absolute atomic E-state index is 0.466. The van der Waals surface area contributed by atoms with Crippen LogP contribution in [-0.4, -0.2) is 19.2 Å². The average molecular weight is 341 g/mol. The van der Waals surface area contributed by atoms with Crippen LogP contribution in [0.1, 0.15) is 60.2 Å². The van der Waals surface area contributed by atoms with Crippen LogP contribution >= 0.6 is 15.9 Å². The van der Waals surface area contributed by atoms with Crippen LogP contribution in [0.3, 0.4) is 0 Å². The Labute approximate surface area is 128 Å². The van der Waals surface area contributed by atoms with Crippen molar-refractivity contribution in [2.45, 2.75) is 39.5 Å². The topological polar surface area (TPSA) is 43.4 Å². The number of hydrogen-bond acceptors (Lipinski definition) is 3. The number of ether oxygens (including phenoxy) is 1. The zero-order valence-corrected chi connectivity index (χ0v) is 13.6. The van der Waals surface area contributed by atoms with Crippen molar-refractivity contribution in [2.24, 2.45) is 5.92 Å². The van der Waals surface area contributed by atoms with Crippen molar-refractivity contribution in [2.75, 3.05) is 6.61 Å². The fourth-order valence-corrected chi connectivity index (χ4v) is 2.45. The predicted molar refractivity (Wildman–Crippen MR) is 83.7 cm³/mol. The Morgan fingerprint density at radius 1 is 1.20 bits per heavy atom. The lowest BCUT2D eigenvalue weighted by molar-refractivity contribution is 0.110. The van der Waals surface area contributed by atoms with E-state index in [0.29, 0.717) is 33.9 Å². The summed E-state index contributed by atoms with van der Waals surface area (Å²) in [4.78, 5) is 22.0. The molecule has 0 spiro atoms. The van der Waals surface area contributed by atoms with Crippen LogP contribution in [0.2, 0.25) is 0 Å². The van der Waals surface area contributed by atoms with Gasteiger partial charge in [0.05, 0.1) is 12.2 Å². The predicted octanol–water partition coefficient (Wildman–Crippen LogP) is 4.67. The van der Waals surface area contributed by atoms with Crippen LogP contribution in [0, 0.1) is 5.92 Å². The van der Waals surface area contributed by atoms with Gasteiger partial charge in [-0.2, -0.15) is 0 Å².